The molecule has 3 N–H and O–H groups in total. The molecule has 0 aromatic rings. The van der Waals surface area contributed by atoms with Crippen LogP contribution in [0.25, 0.3) is 0 Å². The monoisotopic (exact) mass is 455 g/mol. The van der Waals surface area contributed by atoms with Crippen LogP contribution in [0, 0.1) is 0 Å². The Bertz CT molecular complexity index is 389. The van der Waals surface area contributed by atoms with Gasteiger partial charge in [-0.05, 0) is 12.8 Å². The van der Waals surface area contributed by atoms with Crippen LogP contribution in [0.3, 0.4) is 0 Å². The maximum Gasteiger partial charge on any atom is 0.220 e. The van der Waals surface area contributed by atoms with Crippen molar-refractivity contribution in [2.75, 3.05) is 6.61 Å². The van der Waals surface area contributed by atoms with E-state index in [4.69, 9.17) is 0 Å². The van der Waals surface area contributed by atoms with Crippen molar-refractivity contribution in [3.63, 3.8) is 0 Å². The van der Waals surface area contributed by atoms with Crippen LogP contribution >= 0.6 is 0 Å². The van der Waals surface area contributed by atoms with E-state index in [9.17, 15) is 15.0 Å². The number of carbonyl (C=O) groups excluding carboxylic acids is 1. The fourth-order valence-electron chi connectivity index (χ4n) is 4.36. The lowest BCUT2D eigenvalue weighted by Crippen LogP contribution is -2.45. The molecule has 0 spiro atoms. The number of rotatable bonds is 25. The van der Waals surface area contributed by atoms with Crippen molar-refractivity contribution in [2.45, 2.75) is 167 Å². The fraction of sp³-hybridized carbons (Fsp3) is 0.964. The minimum absolute atomic E-state index is 0.0498. The van der Waals surface area contributed by atoms with Gasteiger partial charge in [0.05, 0.1) is 18.8 Å². The first kappa shape index (κ1) is 31.4. The minimum atomic E-state index is -0.647. The molecule has 0 aliphatic heterocycles. The zero-order valence-electron chi connectivity index (χ0n) is 21.7. The van der Waals surface area contributed by atoms with Gasteiger partial charge in [0.15, 0.2) is 0 Å². The lowest BCUT2D eigenvalue weighted by Gasteiger charge is -2.22. The maximum absolute atomic E-state index is 12.0. The molecule has 0 saturated carbocycles. The van der Waals surface area contributed by atoms with Crippen LogP contribution in [0.1, 0.15) is 155 Å². The molecule has 2 unspecified atom stereocenters. The summed E-state index contributed by atoms with van der Waals surface area (Å²) in [6.07, 6.45) is 26.1. The van der Waals surface area contributed by atoms with Crippen LogP contribution in [0.2, 0.25) is 0 Å². The van der Waals surface area contributed by atoms with Gasteiger partial charge in [0.1, 0.15) is 0 Å². The SMILES string of the molecule is CCCCCCCCCCCCCCCCCCC(O)C(CO)NC(=O)CCCCCC. The summed E-state index contributed by atoms with van der Waals surface area (Å²) in [6.45, 7) is 4.23. The second-order valence-corrected chi connectivity index (χ2v) is 9.83. The molecular weight excluding hydrogens is 398 g/mol. The highest BCUT2D eigenvalue weighted by atomic mass is 16.3. The summed E-state index contributed by atoms with van der Waals surface area (Å²) < 4.78 is 0. The Labute approximate surface area is 200 Å². The number of aliphatic hydroxyl groups is 2. The zero-order valence-corrected chi connectivity index (χ0v) is 21.7. The van der Waals surface area contributed by atoms with E-state index in [0.29, 0.717) is 12.8 Å². The molecule has 4 nitrogen and oxygen atoms in total. The van der Waals surface area contributed by atoms with Gasteiger partial charge in [0.25, 0.3) is 0 Å². The molecule has 0 aliphatic carbocycles. The fourth-order valence-corrected chi connectivity index (χ4v) is 4.36. The van der Waals surface area contributed by atoms with Gasteiger partial charge < -0.3 is 15.5 Å². The standard InChI is InChI=1S/C28H57NO3/c1-3-5-7-9-10-11-12-13-14-15-16-17-18-19-20-21-23-27(31)26(25-30)29-28(32)24-22-8-6-4-2/h26-27,30-31H,3-25H2,1-2H3,(H,29,32). The van der Waals surface area contributed by atoms with Crippen molar-refractivity contribution in [1.82, 2.24) is 5.32 Å². The Hall–Kier alpha value is -0.610. The molecule has 192 valence electrons. The minimum Gasteiger partial charge on any atom is -0.394 e. The van der Waals surface area contributed by atoms with E-state index >= 15 is 0 Å². The van der Waals surface area contributed by atoms with Crippen LogP contribution in [0.5, 0.6) is 0 Å². The summed E-state index contributed by atoms with van der Waals surface area (Å²) in [6, 6.07) is -0.523. The number of nitrogens with one attached hydrogen (secondary N) is 1. The Morgan fingerprint density at radius 1 is 0.625 bits per heavy atom. The van der Waals surface area contributed by atoms with E-state index in [0.717, 1.165) is 38.5 Å². The molecular formula is C28H57NO3. The van der Waals surface area contributed by atoms with Crippen LogP contribution in [0.4, 0.5) is 0 Å². The normalized spacial score (nSPS) is 13.2. The third kappa shape index (κ3) is 21.2. The number of hydrogen-bond donors (Lipinski definition) is 3. The third-order valence-corrected chi connectivity index (χ3v) is 6.62. The van der Waals surface area contributed by atoms with Crippen molar-refractivity contribution in [3.8, 4) is 0 Å². The van der Waals surface area contributed by atoms with Crippen molar-refractivity contribution in [2.24, 2.45) is 0 Å². The maximum atomic E-state index is 12.0. The molecule has 0 bridgehead atoms. The summed E-state index contributed by atoms with van der Waals surface area (Å²) in [5.74, 6) is -0.0498. The topological polar surface area (TPSA) is 69.6 Å². The molecule has 0 aromatic carbocycles. The quantitative estimate of drug-likeness (QED) is 0.125. The highest BCUT2D eigenvalue weighted by molar-refractivity contribution is 5.76. The van der Waals surface area contributed by atoms with Crippen LogP contribution in [-0.2, 0) is 4.79 Å². The van der Waals surface area contributed by atoms with Crippen molar-refractivity contribution >= 4 is 5.91 Å². The first-order valence-electron chi connectivity index (χ1n) is 14.2. The molecule has 0 heterocycles. The molecule has 1 amide bonds. The number of amides is 1. The highest BCUT2D eigenvalue weighted by Crippen LogP contribution is 2.15. The van der Waals surface area contributed by atoms with Crippen LogP contribution in [0.15, 0.2) is 0 Å². The van der Waals surface area contributed by atoms with Gasteiger partial charge in [-0.25, -0.2) is 0 Å². The molecule has 0 fully saturated rings. The first-order valence-corrected chi connectivity index (χ1v) is 14.2. The van der Waals surface area contributed by atoms with Gasteiger partial charge in [-0.2, -0.15) is 0 Å². The summed E-state index contributed by atoms with van der Waals surface area (Å²) in [5, 5.41) is 22.6. The summed E-state index contributed by atoms with van der Waals surface area (Å²) in [7, 11) is 0. The summed E-state index contributed by atoms with van der Waals surface area (Å²) in [5.41, 5.74) is 0. The van der Waals surface area contributed by atoms with Gasteiger partial charge in [0.2, 0.25) is 5.91 Å². The molecule has 0 rings (SSSR count). The predicted octanol–water partition coefficient (Wildman–Crippen LogP) is 7.45. The number of aliphatic hydroxyl groups excluding tert-OH is 2. The molecule has 32 heavy (non-hydrogen) atoms. The zero-order chi connectivity index (χ0) is 23.7. The average Bonchev–Trinajstić information content (AvgIpc) is 2.79. The van der Waals surface area contributed by atoms with E-state index in [2.05, 4.69) is 19.2 Å². The second-order valence-electron chi connectivity index (χ2n) is 9.83. The van der Waals surface area contributed by atoms with Crippen LogP contribution in [-0.4, -0.2) is 34.9 Å². The molecule has 2 atom stereocenters. The summed E-state index contributed by atoms with van der Waals surface area (Å²) in [4.78, 5) is 12.0. The average molecular weight is 456 g/mol. The van der Waals surface area contributed by atoms with Crippen molar-refractivity contribution in [3.05, 3.63) is 0 Å². The van der Waals surface area contributed by atoms with Gasteiger partial charge in [0, 0.05) is 6.42 Å². The third-order valence-electron chi connectivity index (χ3n) is 6.62. The Morgan fingerprint density at radius 2 is 1.00 bits per heavy atom. The summed E-state index contributed by atoms with van der Waals surface area (Å²) >= 11 is 0. The molecule has 0 aromatic heterocycles. The lowest BCUT2D eigenvalue weighted by molar-refractivity contribution is -0.123. The van der Waals surface area contributed by atoms with Gasteiger partial charge in [-0.15, -0.1) is 0 Å². The van der Waals surface area contributed by atoms with E-state index in [-0.39, 0.29) is 12.5 Å². The van der Waals surface area contributed by atoms with E-state index in [1.807, 2.05) is 0 Å². The van der Waals surface area contributed by atoms with E-state index in [1.165, 1.54) is 89.9 Å². The van der Waals surface area contributed by atoms with Crippen LogP contribution < -0.4 is 5.32 Å². The van der Waals surface area contributed by atoms with E-state index in [1.54, 1.807) is 0 Å². The Morgan fingerprint density at radius 3 is 1.41 bits per heavy atom. The molecule has 0 saturated heterocycles. The predicted molar refractivity (Wildman–Crippen MR) is 138 cm³/mol. The smallest absolute Gasteiger partial charge is 0.220 e. The highest BCUT2D eigenvalue weighted by Gasteiger charge is 2.19. The number of unbranched alkanes of at least 4 members (excludes halogenated alkanes) is 18. The number of carbonyl (C=O) groups is 1. The largest absolute Gasteiger partial charge is 0.394 e. The van der Waals surface area contributed by atoms with E-state index < -0.39 is 12.1 Å². The second kappa shape index (κ2) is 25.0. The molecule has 0 radical (unpaired) electrons. The Kier molecular flexibility index (Phi) is 24.5. The van der Waals surface area contributed by atoms with Crippen molar-refractivity contribution < 1.29 is 15.0 Å². The molecule has 0 aliphatic rings. The molecule has 4 heteroatoms. The van der Waals surface area contributed by atoms with Gasteiger partial charge in [-0.3, -0.25) is 4.79 Å². The van der Waals surface area contributed by atoms with Gasteiger partial charge in [-0.1, -0.05) is 136 Å². The lowest BCUT2D eigenvalue weighted by atomic mass is 10.0. The van der Waals surface area contributed by atoms with Gasteiger partial charge >= 0.3 is 0 Å². The van der Waals surface area contributed by atoms with Crippen molar-refractivity contribution in [1.29, 1.82) is 0 Å². The first-order chi connectivity index (χ1) is 15.7. The Balaban J connectivity index is 3.48. The number of hydrogen-bond acceptors (Lipinski definition) is 3.